The fourth-order valence-corrected chi connectivity index (χ4v) is 4.59. The van der Waals surface area contributed by atoms with Crippen molar-refractivity contribution in [3.8, 4) is 11.8 Å². The summed E-state index contributed by atoms with van der Waals surface area (Å²) in [5.74, 6) is -0.453. The van der Waals surface area contributed by atoms with Crippen LogP contribution in [0.2, 0.25) is 0 Å². The quantitative estimate of drug-likeness (QED) is 0.817. The van der Waals surface area contributed by atoms with Gasteiger partial charge in [-0.1, -0.05) is 30.3 Å². The van der Waals surface area contributed by atoms with Crippen molar-refractivity contribution in [1.29, 1.82) is 5.26 Å². The molecule has 5 rings (SSSR count). The molecule has 1 spiro atoms. The molecule has 2 aliphatic heterocycles. The van der Waals surface area contributed by atoms with Gasteiger partial charge in [0.2, 0.25) is 0 Å². The molecule has 2 atom stereocenters. The number of nitriles is 1. The van der Waals surface area contributed by atoms with Crippen molar-refractivity contribution in [2.45, 2.75) is 49.7 Å². The van der Waals surface area contributed by atoms with Crippen LogP contribution >= 0.6 is 0 Å². The van der Waals surface area contributed by atoms with Crippen LogP contribution in [-0.4, -0.2) is 28.7 Å². The highest BCUT2D eigenvalue weighted by Gasteiger charge is 2.63. The lowest BCUT2D eigenvalue weighted by Crippen LogP contribution is -2.56. The van der Waals surface area contributed by atoms with E-state index in [9.17, 15) is 9.18 Å². The predicted molar refractivity (Wildman–Crippen MR) is 97.6 cm³/mol. The van der Waals surface area contributed by atoms with Crippen LogP contribution < -0.4 is 4.74 Å². The molecule has 1 aliphatic carbocycles. The van der Waals surface area contributed by atoms with E-state index in [2.05, 4.69) is 0 Å². The van der Waals surface area contributed by atoms with Crippen LogP contribution in [0, 0.1) is 17.1 Å². The summed E-state index contributed by atoms with van der Waals surface area (Å²) in [5.41, 5.74) is 0.609. The Hall–Kier alpha value is -2.91. The fourth-order valence-electron chi connectivity index (χ4n) is 4.59. The molecule has 1 amide bonds. The summed E-state index contributed by atoms with van der Waals surface area (Å²) in [6.45, 7) is 0. The topological polar surface area (TPSA) is 62.6 Å². The molecule has 2 heterocycles. The molecule has 2 aromatic rings. The standard InChI is InChI=1S/C22H19FN2O3/c23-17-7-6-14(13-24)10-19(17)27-16-11-22(12-16)21(26)25-18(8-9-20(25)28-22)15-4-2-1-3-5-15/h1-7,10,16,18,20H,8-9,11-12H2/t16?,18-,20+,22?/m0/s1. The Bertz CT molecular complexity index is 965. The Labute approximate surface area is 162 Å². The average Bonchev–Trinajstić information content (AvgIpc) is 3.22. The number of ether oxygens (including phenoxy) is 2. The SMILES string of the molecule is N#Cc1ccc(F)c(OC2CC3(C2)O[C@@H]2CC[C@@H](c4ccccc4)N2C3=O)c1. The molecule has 0 unspecified atom stereocenters. The van der Waals surface area contributed by atoms with E-state index in [1.165, 1.54) is 18.2 Å². The molecule has 5 nitrogen and oxygen atoms in total. The maximum atomic E-state index is 14.0. The van der Waals surface area contributed by atoms with Crippen LogP contribution in [0.3, 0.4) is 0 Å². The number of nitrogens with zero attached hydrogens (tertiary/aromatic N) is 2. The Morgan fingerprint density at radius 2 is 1.96 bits per heavy atom. The van der Waals surface area contributed by atoms with Crippen molar-refractivity contribution in [3.05, 3.63) is 65.5 Å². The Morgan fingerprint density at radius 3 is 2.71 bits per heavy atom. The number of hydrogen-bond acceptors (Lipinski definition) is 4. The van der Waals surface area contributed by atoms with Gasteiger partial charge in [0.15, 0.2) is 17.2 Å². The lowest BCUT2D eigenvalue weighted by Gasteiger charge is -2.42. The number of carbonyl (C=O) groups excluding carboxylic acids is 1. The minimum Gasteiger partial charge on any atom is -0.487 e. The van der Waals surface area contributed by atoms with Gasteiger partial charge in [0.1, 0.15) is 12.3 Å². The van der Waals surface area contributed by atoms with E-state index in [0.29, 0.717) is 18.4 Å². The summed E-state index contributed by atoms with van der Waals surface area (Å²) in [5, 5.41) is 8.97. The number of carbonyl (C=O) groups is 1. The number of amides is 1. The zero-order valence-electron chi connectivity index (χ0n) is 15.2. The summed E-state index contributed by atoms with van der Waals surface area (Å²) in [7, 11) is 0. The minimum absolute atomic E-state index is 0.00921. The third-order valence-corrected chi connectivity index (χ3v) is 5.97. The summed E-state index contributed by atoms with van der Waals surface area (Å²) in [6, 6.07) is 16.1. The molecule has 142 valence electrons. The maximum Gasteiger partial charge on any atom is 0.257 e. The van der Waals surface area contributed by atoms with Gasteiger partial charge in [0.25, 0.3) is 5.91 Å². The van der Waals surface area contributed by atoms with Crippen molar-refractivity contribution >= 4 is 5.91 Å². The van der Waals surface area contributed by atoms with Crippen molar-refractivity contribution in [1.82, 2.24) is 4.90 Å². The monoisotopic (exact) mass is 378 g/mol. The largest absolute Gasteiger partial charge is 0.487 e. The van der Waals surface area contributed by atoms with E-state index < -0.39 is 11.4 Å². The molecule has 3 aliphatic rings. The predicted octanol–water partition coefficient (Wildman–Crippen LogP) is 3.70. The van der Waals surface area contributed by atoms with Gasteiger partial charge in [0, 0.05) is 18.9 Å². The van der Waals surface area contributed by atoms with Crippen LogP contribution in [0.25, 0.3) is 0 Å². The molecule has 6 heteroatoms. The molecular formula is C22H19FN2O3. The lowest BCUT2D eigenvalue weighted by atomic mass is 9.76. The first-order valence-electron chi connectivity index (χ1n) is 9.51. The van der Waals surface area contributed by atoms with Crippen LogP contribution in [0.5, 0.6) is 5.75 Å². The third-order valence-electron chi connectivity index (χ3n) is 5.97. The first-order chi connectivity index (χ1) is 13.6. The van der Waals surface area contributed by atoms with E-state index in [-0.39, 0.29) is 30.0 Å². The normalized spacial score (nSPS) is 30.8. The molecule has 28 heavy (non-hydrogen) atoms. The Morgan fingerprint density at radius 1 is 1.18 bits per heavy atom. The Kier molecular flexibility index (Phi) is 3.88. The third kappa shape index (κ3) is 2.58. The summed E-state index contributed by atoms with van der Waals surface area (Å²) < 4.78 is 25.8. The van der Waals surface area contributed by atoms with Gasteiger partial charge in [-0.2, -0.15) is 5.26 Å². The van der Waals surface area contributed by atoms with E-state index in [4.69, 9.17) is 14.7 Å². The number of hydrogen-bond donors (Lipinski definition) is 0. The maximum absolute atomic E-state index is 14.0. The van der Waals surface area contributed by atoms with Crippen molar-refractivity contribution in [2.24, 2.45) is 0 Å². The molecular weight excluding hydrogens is 359 g/mol. The zero-order chi connectivity index (χ0) is 19.3. The van der Waals surface area contributed by atoms with Gasteiger partial charge in [-0.15, -0.1) is 0 Å². The highest BCUT2D eigenvalue weighted by Crippen LogP contribution is 2.52. The van der Waals surface area contributed by atoms with Gasteiger partial charge in [0.05, 0.1) is 17.7 Å². The number of halogens is 1. The molecule has 0 bridgehead atoms. The average molecular weight is 378 g/mol. The molecule has 0 N–H and O–H groups in total. The van der Waals surface area contributed by atoms with Crippen LogP contribution in [-0.2, 0) is 9.53 Å². The lowest BCUT2D eigenvalue weighted by molar-refractivity contribution is -0.162. The second-order valence-corrected chi connectivity index (χ2v) is 7.69. The van der Waals surface area contributed by atoms with Crippen LogP contribution in [0.1, 0.15) is 42.9 Å². The fraction of sp³-hybridized carbons (Fsp3) is 0.364. The highest BCUT2D eigenvalue weighted by molar-refractivity contribution is 5.89. The minimum atomic E-state index is -0.855. The van der Waals surface area contributed by atoms with Crippen molar-refractivity contribution < 1.29 is 18.7 Å². The van der Waals surface area contributed by atoms with Crippen LogP contribution in [0.4, 0.5) is 4.39 Å². The van der Waals surface area contributed by atoms with Crippen molar-refractivity contribution in [3.63, 3.8) is 0 Å². The zero-order valence-corrected chi connectivity index (χ0v) is 15.2. The van der Waals surface area contributed by atoms with Gasteiger partial charge < -0.3 is 14.4 Å². The van der Waals surface area contributed by atoms with E-state index in [0.717, 1.165) is 18.4 Å². The smallest absolute Gasteiger partial charge is 0.257 e. The second kappa shape index (κ2) is 6.32. The van der Waals surface area contributed by atoms with Gasteiger partial charge >= 0.3 is 0 Å². The van der Waals surface area contributed by atoms with Gasteiger partial charge in [-0.25, -0.2) is 4.39 Å². The van der Waals surface area contributed by atoms with E-state index in [1.54, 1.807) is 0 Å². The molecule has 0 aromatic heterocycles. The second-order valence-electron chi connectivity index (χ2n) is 7.69. The number of fused-ring (bicyclic) bond motifs is 1. The number of benzene rings is 2. The first-order valence-corrected chi connectivity index (χ1v) is 9.51. The summed E-state index contributed by atoms with van der Waals surface area (Å²) in [4.78, 5) is 15.0. The molecule has 2 aromatic carbocycles. The first kappa shape index (κ1) is 17.2. The van der Waals surface area contributed by atoms with Gasteiger partial charge in [-0.3, -0.25) is 4.79 Å². The molecule has 2 saturated heterocycles. The van der Waals surface area contributed by atoms with E-state index in [1.807, 2.05) is 41.3 Å². The van der Waals surface area contributed by atoms with Gasteiger partial charge in [-0.05, 0) is 30.5 Å². The van der Waals surface area contributed by atoms with E-state index >= 15 is 0 Å². The summed E-state index contributed by atoms with van der Waals surface area (Å²) in [6.07, 6.45) is 2.01. The molecule has 3 fully saturated rings. The number of rotatable bonds is 3. The molecule has 1 saturated carbocycles. The molecule has 0 radical (unpaired) electrons. The summed E-state index contributed by atoms with van der Waals surface area (Å²) >= 11 is 0. The van der Waals surface area contributed by atoms with Crippen LogP contribution in [0.15, 0.2) is 48.5 Å². The van der Waals surface area contributed by atoms with Crippen molar-refractivity contribution in [2.75, 3.05) is 0 Å². The Balaban J connectivity index is 1.29. The highest BCUT2D eigenvalue weighted by atomic mass is 19.1.